The van der Waals surface area contributed by atoms with Gasteiger partial charge in [0.05, 0.1) is 12.7 Å². The quantitative estimate of drug-likeness (QED) is 0.911. The van der Waals surface area contributed by atoms with Crippen molar-refractivity contribution in [3.8, 4) is 0 Å². The van der Waals surface area contributed by atoms with Gasteiger partial charge in [0.15, 0.2) is 0 Å². The Morgan fingerprint density at radius 2 is 1.92 bits per heavy atom. The van der Waals surface area contributed by atoms with Crippen LogP contribution in [0.3, 0.4) is 0 Å². The van der Waals surface area contributed by atoms with Gasteiger partial charge in [-0.05, 0) is 61.6 Å². The van der Waals surface area contributed by atoms with Gasteiger partial charge in [-0.15, -0.1) is 0 Å². The van der Waals surface area contributed by atoms with E-state index in [1.54, 1.807) is 12.4 Å². The van der Waals surface area contributed by atoms with Gasteiger partial charge in [0.25, 0.3) is 0 Å². The third-order valence-electron chi connectivity index (χ3n) is 6.45. The zero-order valence-electron chi connectivity index (χ0n) is 14.8. The zero-order valence-corrected chi connectivity index (χ0v) is 14.8. The van der Waals surface area contributed by atoms with E-state index < -0.39 is 0 Å². The molecule has 25 heavy (non-hydrogen) atoms. The summed E-state index contributed by atoms with van der Waals surface area (Å²) in [6, 6.07) is 4.27. The third kappa shape index (κ3) is 3.72. The minimum absolute atomic E-state index is 0.155. The fourth-order valence-corrected chi connectivity index (χ4v) is 5.01. The molecular weight excluding hydrogens is 314 g/mol. The first-order valence-corrected chi connectivity index (χ1v) is 9.75. The van der Waals surface area contributed by atoms with Crippen molar-refractivity contribution in [2.24, 2.45) is 23.5 Å². The first-order valence-electron chi connectivity index (χ1n) is 9.75. The number of hydrogen-bond donors (Lipinski definition) is 1. The lowest BCUT2D eigenvalue weighted by Crippen LogP contribution is -2.49. The number of likely N-dealkylation sites (tertiary alicyclic amines) is 1. The van der Waals surface area contributed by atoms with Gasteiger partial charge in [-0.3, -0.25) is 9.78 Å². The highest BCUT2D eigenvalue weighted by Gasteiger charge is 2.42. The normalized spacial score (nSPS) is 34.9. The van der Waals surface area contributed by atoms with Gasteiger partial charge in [-0.25, -0.2) is 0 Å². The Hall–Kier alpha value is -1.46. The number of carbonyl (C=O) groups is 1. The number of nitrogens with two attached hydrogens (primary N) is 1. The fraction of sp³-hybridized carbons (Fsp3) is 0.700. The summed E-state index contributed by atoms with van der Waals surface area (Å²) in [6.07, 6.45) is 10.4. The lowest BCUT2D eigenvalue weighted by atomic mass is 9.65. The summed E-state index contributed by atoms with van der Waals surface area (Å²) in [5, 5.41) is 0. The highest BCUT2D eigenvalue weighted by atomic mass is 16.5. The second kappa shape index (κ2) is 7.42. The number of amides is 1. The third-order valence-corrected chi connectivity index (χ3v) is 6.45. The van der Waals surface area contributed by atoms with E-state index in [0.717, 1.165) is 37.9 Å². The van der Waals surface area contributed by atoms with Crippen LogP contribution in [0.4, 0.5) is 0 Å². The maximum Gasteiger partial charge on any atom is 0.225 e. The van der Waals surface area contributed by atoms with E-state index in [1.165, 1.54) is 19.3 Å². The van der Waals surface area contributed by atoms with Gasteiger partial charge < -0.3 is 15.4 Å². The molecule has 0 radical (unpaired) electrons. The summed E-state index contributed by atoms with van der Waals surface area (Å²) in [5.41, 5.74) is 7.50. The van der Waals surface area contributed by atoms with Crippen molar-refractivity contribution < 1.29 is 9.53 Å². The maximum atomic E-state index is 13.0. The van der Waals surface area contributed by atoms with E-state index >= 15 is 0 Å². The van der Waals surface area contributed by atoms with Crippen LogP contribution < -0.4 is 5.73 Å². The van der Waals surface area contributed by atoms with Crippen LogP contribution in [0.25, 0.3) is 0 Å². The fourth-order valence-electron chi connectivity index (χ4n) is 5.01. The molecule has 3 atom stereocenters. The van der Waals surface area contributed by atoms with Crippen LogP contribution in [0.1, 0.15) is 44.1 Å². The van der Waals surface area contributed by atoms with E-state index in [-0.39, 0.29) is 12.0 Å². The van der Waals surface area contributed by atoms with Crippen LogP contribution in [0.5, 0.6) is 0 Å². The minimum Gasteiger partial charge on any atom is -0.372 e. The van der Waals surface area contributed by atoms with E-state index in [2.05, 4.69) is 4.98 Å². The molecule has 4 rings (SSSR count). The number of nitrogens with zero attached hydrogens (tertiary/aromatic N) is 2. The Labute approximate surface area is 149 Å². The highest BCUT2D eigenvalue weighted by molar-refractivity contribution is 5.79. The molecule has 5 heteroatoms. The molecule has 1 aromatic heterocycles. The number of ether oxygens (including phenoxy) is 1. The molecular formula is C20H29N3O2. The van der Waals surface area contributed by atoms with E-state index in [1.807, 2.05) is 17.0 Å². The summed E-state index contributed by atoms with van der Waals surface area (Å²) < 4.78 is 6.01. The maximum absolute atomic E-state index is 13.0. The van der Waals surface area contributed by atoms with Crippen molar-refractivity contribution in [1.29, 1.82) is 0 Å². The van der Waals surface area contributed by atoms with Crippen LogP contribution in [-0.4, -0.2) is 41.0 Å². The zero-order chi connectivity index (χ0) is 17.2. The molecule has 3 fully saturated rings. The standard InChI is InChI=1S/C20H29N3O2/c21-19-15-2-1-3-16(19)11-17(10-15)20(24)23-9-6-18(12-23)25-13-14-4-7-22-8-5-14/h4-5,7-8,15-19H,1-3,6,9-13,21H2. The highest BCUT2D eigenvalue weighted by Crippen LogP contribution is 2.42. The molecule has 3 aliphatic rings. The Bertz CT molecular complexity index is 580. The van der Waals surface area contributed by atoms with Gasteiger partial charge in [-0.2, -0.15) is 0 Å². The molecule has 3 unspecified atom stereocenters. The van der Waals surface area contributed by atoms with Gasteiger partial charge in [0.1, 0.15) is 0 Å². The van der Waals surface area contributed by atoms with Crippen LogP contribution >= 0.6 is 0 Å². The summed E-state index contributed by atoms with van der Waals surface area (Å²) in [7, 11) is 0. The van der Waals surface area contributed by atoms with Gasteiger partial charge in [0.2, 0.25) is 5.91 Å². The summed E-state index contributed by atoms with van der Waals surface area (Å²) in [6.45, 7) is 2.16. The summed E-state index contributed by atoms with van der Waals surface area (Å²) in [5.74, 6) is 1.65. The van der Waals surface area contributed by atoms with E-state index in [9.17, 15) is 4.79 Å². The Morgan fingerprint density at radius 3 is 2.64 bits per heavy atom. The van der Waals surface area contributed by atoms with Crippen molar-refractivity contribution in [1.82, 2.24) is 9.88 Å². The molecule has 2 heterocycles. The first-order chi connectivity index (χ1) is 12.2. The van der Waals surface area contributed by atoms with Crippen molar-refractivity contribution >= 4 is 5.91 Å². The molecule has 1 saturated heterocycles. The van der Waals surface area contributed by atoms with Crippen LogP contribution in [-0.2, 0) is 16.1 Å². The summed E-state index contributed by atoms with van der Waals surface area (Å²) >= 11 is 0. The Balaban J connectivity index is 1.29. The van der Waals surface area contributed by atoms with Gasteiger partial charge >= 0.3 is 0 Å². The molecule has 1 aromatic rings. The van der Waals surface area contributed by atoms with Crippen molar-refractivity contribution in [3.63, 3.8) is 0 Å². The molecule has 0 aromatic carbocycles. The predicted molar refractivity (Wildman–Crippen MR) is 95.5 cm³/mol. The lowest BCUT2D eigenvalue weighted by molar-refractivity contribution is -0.138. The molecule has 5 nitrogen and oxygen atoms in total. The number of fused-ring (bicyclic) bond motifs is 2. The SMILES string of the molecule is NC1C2CCCC1CC(C(=O)N1CCC(OCc3ccncc3)C1)C2. The molecule has 2 bridgehead atoms. The number of hydrogen-bond acceptors (Lipinski definition) is 4. The predicted octanol–water partition coefficient (Wildman–Crippen LogP) is 2.35. The van der Waals surface area contributed by atoms with Crippen LogP contribution in [0.15, 0.2) is 24.5 Å². The van der Waals surface area contributed by atoms with E-state index in [0.29, 0.717) is 30.4 Å². The first kappa shape index (κ1) is 17.0. The molecule has 1 amide bonds. The number of aromatic nitrogens is 1. The van der Waals surface area contributed by atoms with Gasteiger partial charge in [0, 0.05) is 37.4 Å². The molecule has 2 N–H and O–H groups in total. The van der Waals surface area contributed by atoms with E-state index in [4.69, 9.17) is 10.5 Å². The number of carbonyl (C=O) groups excluding carboxylic acids is 1. The Morgan fingerprint density at radius 1 is 1.20 bits per heavy atom. The van der Waals surface area contributed by atoms with Crippen LogP contribution in [0.2, 0.25) is 0 Å². The van der Waals surface area contributed by atoms with Crippen molar-refractivity contribution in [2.75, 3.05) is 13.1 Å². The van der Waals surface area contributed by atoms with Crippen LogP contribution in [0, 0.1) is 17.8 Å². The average molecular weight is 343 g/mol. The molecule has 2 saturated carbocycles. The summed E-state index contributed by atoms with van der Waals surface area (Å²) in [4.78, 5) is 19.0. The average Bonchev–Trinajstić information content (AvgIpc) is 3.09. The molecule has 0 spiro atoms. The van der Waals surface area contributed by atoms with Crippen molar-refractivity contribution in [2.45, 2.75) is 57.3 Å². The topological polar surface area (TPSA) is 68.5 Å². The molecule has 2 aliphatic carbocycles. The number of pyridine rings is 1. The Kier molecular flexibility index (Phi) is 5.04. The largest absolute Gasteiger partial charge is 0.372 e. The number of rotatable bonds is 4. The monoisotopic (exact) mass is 343 g/mol. The van der Waals surface area contributed by atoms with Gasteiger partial charge in [-0.1, -0.05) is 6.42 Å². The smallest absolute Gasteiger partial charge is 0.225 e. The molecule has 136 valence electrons. The van der Waals surface area contributed by atoms with Crippen molar-refractivity contribution in [3.05, 3.63) is 30.1 Å². The second-order valence-electron chi connectivity index (χ2n) is 8.06. The molecule has 1 aliphatic heterocycles. The lowest BCUT2D eigenvalue weighted by Gasteiger charge is -2.44. The minimum atomic E-state index is 0.155. The second-order valence-corrected chi connectivity index (χ2v) is 8.06.